The quantitative estimate of drug-likeness (QED) is 0.738. The lowest BCUT2D eigenvalue weighted by Crippen LogP contribution is -2.35. The topological polar surface area (TPSA) is 67.7 Å². The Morgan fingerprint density at radius 2 is 2.12 bits per heavy atom. The number of carbonyl (C=O) groups is 1. The third kappa shape index (κ3) is 4.96. The van der Waals surface area contributed by atoms with E-state index in [4.69, 9.17) is 4.74 Å². The van der Waals surface area contributed by atoms with Crippen molar-refractivity contribution >= 4 is 11.6 Å². The average molecular weight is 332 g/mol. The van der Waals surface area contributed by atoms with E-state index in [-0.39, 0.29) is 18.6 Å². The third-order valence-electron chi connectivity index (χ3n) is 3.94. The van der Waals surface area contributed by atoms with Crippen molar-refractivity contribution < 1.29 is 9.53 Å². The van der Waals surface area contributed by atoms with Crippen molar-refractivity contribution in [2.75, 3.05) is 13.2 Å². The molecule has 0 aliphatic heterocycles. The van der Waals surface area contributed by atoms with Crippen molar-refractivity contribution in [3.63, 3.8) is 0 Å². The van der Waals surface area contributed by atoms with Gasteiger partial charge in [0.1, 0.15) is 0 Å². The number of likely N-dealkylation sites (N-methyl/N-ethyl adjacent to an activating group) is 1. The predicted octanol–water partition coefficient (Wildman–Crippen LogP) is 2.17. The Labute approximate surface area is 143 Å². The van der Waals surface area contributed by atoms with E-state index in [1.807, 2.05) is 42.8 Å². The second kappa shape index (κ2) is 8.68. The number of aromatic nitrogens is 2. The lowest BCUT2D eigenvalue weighted by molar-refractivity contribution is -0.123. The number of imidazole rings is 1. The summed E-state index contributed by atoms with van der Waals surface area (Å²) in [6.07, 6.45) is 5.70. The molecule has 0 aliphatic carbocycles. The van der Waals surface area contributed by atoms with Gasteiger partial charge in [0.15, 0.2) is 18.0 Å². The van der Waals surface area contributed by atoms with Crippen LogP contribution in [0.4, 0.5) is 0 Å². The summed E-state index contributed by atoms with van der Waals surface area (Å²) in [6.45, 7) is 9.19. The molecule has 0 spiro atoms. The summed E-state index contributed by atoms with van der Waals surface area (Å²) in [6, 6.07) is 4.26. The standard InChI is InChI=1S/C18H28N4O2/c1-5-13(3)20-17(23)12-24-16-8-7-9-22-11-15(21-18(16)22)10-14(4)19-6-2/h7-9,11,13-14,19H,5-6,10,12H2,1-4H3,(H,20,23). The molecule has 6 heteroatoms. The van der Waals surface area contributed by atoms with Crippen LogP contribution in [0.5, 0.6) is 5.75 Å². The third-order valence-corrected chi connectivity index (χ3v) is 3.94. The number of carbonyl (C=O) groups excluding carboxylic acids is 1. The highest BCUT2D eigenvalue weighted by atomic mass is 16.5. The van der Waals surface area contributed by atoms with Crippen molar-refractivity contribution in [2.24, 2.45) is 0 Å². The van der Waals surface area contributed by atoms with E-state index >= 15 is 0 Å². The zero-order valence-corrected chi connectivity index (χ0v) is 15.0. The minimum absolute atomic E-state index is 0.000000287. The number of hydrogen-bond acceptors (Lipinski definition) is 4. The maximum atomic E-state index is 11.9. The number of fused-ring (bicyclic) bond motifs is 1. The maximum absolute atomic E-state index is 11.9. The Hall–Kier alpha value is -2.08. The molecule has 2 unspecified atom stereocenters. The lowest BCUT2D eigenvalue weighted by Gasteiger charge is -2.12. The summed E-state index contributed by atoms with van der Waals surface area (Å²) in [5.41, 5.74) is 1.75. The molecule has 0 radical (unpaired) electrons. The van der Waals surface area contributed by atoms with Gasteiger partial charge in [-0.1, -0.05) is 13.8 Å². The largest absolute Gasteiger partial charge is 0.480 e. The summed E-state index contributed by atoms with van der Waals surface area (Å²) in [5, 5.41) is 6.28. The van der Waals surface area contributed by atoms with Crippen LogP contribution in [0.15, 0.2) is 24.5 Å². The van der Waals surface area contributed by atoms with Gasteiger partial charge in [0.2, 0.25) is 0 Å². The normalized spacial score (nSPS) is 13.7. The van der Waals surface area contributed by atoms with Crippen LogP contribution in [0, 0.1) is 0 Å². The number of nitrogens with zero attached hydrogens (tertiary/aromatic N) is 2. The molecule has 2 aromatic heterocycles. The number of nitrogens with one attached hydrogen (secondary N) is 2. The fourth-order valence-corrected chi connectivity index (χ4v) is 2.55. The molecule has 0 aliphatic rings. The second-order valence-electron chi connectivity index (χ2n) is 6.16. The van der Waals surface area contributed by atoms with Crippen LogP contribution in [0.3, 0.4) is 0 Å². The molecule has 0 saturated heterocycles. The SMILES string of the molecule is CCNC(C)Cc1cn2cccc(OCC(=O)NC(C)CC)c2n1. The van der Waals surface area contributed by atoms with E-state index in [1.165, 1.54) is 0 Å². The minimum Gasteiger partial charge on any atom is -0.480 e. The van der Waals surface area contributed by atoms with Gasteiger partial charge in [-0.15, -0.1) is 0 Å². The van der Waals surface area contributed by atoms with Gasteiger partial charge in [-0.2, -0.15) is 0 Å². The number of rotatable bonds is 9. The molecule has 24 heavy (non-hydrogen) atoms. The van der Waals surface area contributed by atoms with E-state index in [9.17, 15) is 4.79 Å². The molecule has 2 atom stereocenters. The Morgan fingerprint density at radius 3 is 2.83 bits per heavy atom. The van der Waals surface area contributed by atoms with Crippen LogP contribution >= 0.6 is 0 Å². The molecule has 2 rings (SSSR count). The summed E-state index contributed by atoms with van der Waals surface area (Å²) in [4.78, 5) is 16.5. The lowest BCUT2D eigenvalue weighted by atomic mass is 10.2. The van der Waals surface area contributed by atoms with Crippen molar-refractivity contribution in [3.05, 3.63) is 30.2 Å². The molecule has 132 valence electrons. The summed E-state index contributed by atoms with van der Waals surface area (Å²) in [7, 11) is 0. The first-order valence-electron chi connectivity index (χ1n) is 8.65. The Bertz CT molecular complexity index is 668. The van der Waals surface area contributed by atoms with Crippen LogP contribution in [-0.2, 0) is 11.2 Å². The monoisotopic (exact) mass is 332 g/mol. The van der Waals surface area contributed by atoms with Gasteiger partial charge in [-0.05, 0) is 38.9 Å². The number of amides is 1. The highest BCUT2D eigenvalue weighted by molar-refractivity contribution is 5.78. The van der Waals surface area contributed by atoms with E-state index in [1.54, 1.807) is 0 Å². The summed E-state index contributed by atoms with van der Waals surface area (Å²) < 4.78 is 7.62. The van der Waals surface area contributed by atoms with Gasteiger partial charge in [-0.25, -0.2) is 4.98 Å². The van der Waals surface area contributed by atoms with Crippen LogP contribution in [0.2, 0.25) is 0 Å². The fourth-order valence-electron chi connectivity index (χ4n) is 2.55. The summed E-state index contributed by atoms with van der Waals surface area (Å²) >= 11 is 0. The Morgan fingerprint density at radius 1 is 1.33 bits per heavy atom. The first kappa shape index (κ1) is 18.3. The highest BCUT2D eigenvalue weighted by Crippen LogP contribution is 2.19. The smallest absolute Gasteiger partial charge is 0.258 e. The number of hydrogen-bond donors (Lipinski definition) is 2. The maximum Gasteiger partial charge on any atom is 0.258 e. The summed E-state index contributed by atoms with van der Waals surface area (Å²) in [5.74, 6) is 0.512. The molecule has 0 aromatic carbocycles. The van der Waals surface area contributed by atoms with Gasteiger partial charge < -0.3 is 19.8 Å². The average Bonchev–Trinajstić information content (AvgIpc) is 2.95. The zero-order chi connectivity index (χ0) is 17.5. The molecule has 0 fully saturated rings. The first-order valence-corrected chi connectivity index (χ1v) is 8.65. The molecular weight excluding hydrogens is 304 g/mol. The molecule has 0 bridgehead atoms. The molecule has 2 N–H and O–H groups in total. The minimum atomic E-state index is -0.112. The number of ether oxygens (including phenoxy) is 1. The van der Waals surface area contributed by atoms with E-state index in [0.717, 1.165) is 30.7 Å². The van der Waals surface area contributed by atoms with Gasteiger partial charge in [-0.3, -0.25) is 4.79 Å². The van der Waals surface area contributed by atoms with Gasteiger partial charge in [0, 0.05) is 30.9 Å². The molecular formula is C18H28N4O2. The molecule has 1 amide bonds. The predicted molar refractivity (Wildman–Crippen MR) is 95.4 cm³/mol. The highest BCUT2D eigenvalue weighted by Gasteiger charge is 2.12. The van der Waals surface area contributed by atoms with E-state index in [2.05, 4.69) is 29.5 Å². The van der Waals surface area contributed by atoms with Crippen LogP contribution in [0.1, 0.15) is 39.8 Å². The first-order chi connectivity index (χ1) is 11.5. The molecule has 0 saturated carbocycles. The molecule has 2 heterocycles. The van der Waals surface area contributed by atoms with Crippen molar-refractivity contribution in [1.82, 2.24) is 20.0 Å². The van der Waals surface area contributed by atoms with Crippen LogP contribution < -0.4 is 15.4 Å². The number of pyridine rings is 1. The van der Waals surface area contributed by atoms with Gasteiger partial charge in [0.25, 0.3) is 5.91 Å². The van der Waals surface area contributed by atoms with Crippen LogP contribution in [-0.4, -0.2) is 40.5 Å². The fraction of sp³-hybridized carbons (Fsp3) is 0.556. The van der Waals surface area contributed by atoms with Crippen molar-refractivity contribution in [1.29, 1.82) is 0 Å². The molecule has 6 nitrogen and oxygen atoms in total. The van der Waals surface area contributed by atoms with Gasteiger partial charge in [0.05, 0.1) is 5.69 Å². The van der Waals surface area contributed by atoms with Crippen molar-refractivity contribution in [2.45, 2.75) is 52.6 Å². The van der Waals surface area contributed by atoms with Crippen molar-refractivity contribution in [3.8, 4) is 5.75 Å². The Kier molecular flexibility index (Phi) is 6.61. The van der Waals surface area contributed by atoms with E-state index < -0.39 is 0 Å². The van der Waals surface area contributed by atoms with Crippen LogP contribution in [0.25, 0.3) is 5.65 Å². The zero-order valence-electron chi connectivity index (χ0n) is 15.0. The van der Waals surface area contributed by atoms with E-state index in [0.29, 0.717) is 11.8 Å². The molecule has 2 aromatic rings. The van der Waals surface area contributed by atoms with Gasteiger partial charge >= 0.3 is 0 Å². The Balaban J connectivity index is 2.05. The second-order valence-corrected chi connectivity index (χ2v) is 6.16.